The van der Waals surface area contributed by atoms with E-state index < -0.39 is 0 Å². The van der Waals surface area contributed by atoms with Crippen LogP contribution in [0.25, 0.3) is 11.4 Å². The minimum atomic E-state index is -0.152. The number of halogens is 1. The molecule has 0 fully saturated rings. The number of hydrogen-bond acceptors (Lipinski definition) is 5. The fraction of sp³-hybridized carbons (Fsp3) is 0.333. The molecule has 106 valence electrons. The van der Waals surface area contributed by atoms with E-state index in [-0.39, 0.29) is 12.5 Å². The lowest BCUT2D eigenvalue weighted by atomic mass is 10.2. The molecule has 0 aliphatic heterocycles. The van der Waals surface area contributed by atoms with Gasteiger partial charge in [0.25, 0.3) is 0 Å². The fourth-order valence-electron chi connectivity index (χ4n) is 1.54. The monoisotopic (exact) mass is 294 g/mol. The van der Waals surface area contributed by atoms with E-state index in [0.717, 1.165) is 5.56 Å². The molecule has 0 saturated carbocycles. The van der Waals surface area contributed by atoms with Crippen molar-refractivity contribution in [1.82, 2.24) is 30.8 Å². The Morgan fingerprint density at radius 2 is 2.05 bits per heavy atom. The van der Waals surface area contributed by atoms with E-state index in [0.29, 0.717) is 23.9 Å². The van der Waals surface area contributed by atoms with Gasteiger partial charge in [0.2, 0.25) is 11.7 Å². The van der Waals surface area contributed by atoms with Crippen LogP contribution in [0, 0.1) is 0 Å². The summed E-state index contributed by atoms with van der Waals surface area (Å²) in [5, 5.41) is 18.2. The maximum Gasteiger partial charge on any atom is 0.243 e. The molecule has 1 aromatic heterocycles. The second-order valence-corrected chi connectivity index (χ2v) is 4.54. The number of likely N-dealkylation sites (N-methyl/N-ethyl adjacent to an activating group) is 1. The summed E-state index contributed by atoms with van der Waals surface area (Å²) >= 11 is 5.81. The van der Waals surface area contributed by atoms with Crippen molar-refractivity contribution in [2.75, 3.05) is 20.1 Å². The first-order valence-electron chi connectivity index (χ1n) is 6.14. The van der Waals surface area contributed by atoms with Gasteiger partial charge in [-0.2, -0.15) is 4.80 Å². The Morgan fingerprint density at radius 3 is 2.75 bits per heavy atom. The van der Waals surface area contributed by atoms with Crippen LogP contribution in [0.4, 0.5) is 0 Å². The largest absolute Gasteiger partial charge is 0.353 e. The van der Waals surface area contributed by atoms with E-state index in [1.54, 1.807) is 24.3 Å². The number of nitrogens with one attached hydrogen (secondary N) is 2. The molecule has 2 aromatic rings. The van der Waals surface area contributed by atoms with Gasteiger partial charge in [0, 0.05) is 23.7 Å². The molecule has 1 aromatic carbocycles. The van der Waals surface area contributed by atoms with Gasteiger partial charge in [-0.1, -0.05) is 11.6 Å². The molecule has 0 aliphatic carbocycles. The summed E-state index contributed by atoms with van der Waals surface area (Å²) in [6.45, 7) is 1.32. The second kappa shape index (κ2) is 6.97. The summed E-state index contributed by atoms with van der Waals surface area (Å²) in [5.74, 6) is 0.310. The van der Waals surface area contributed by atoms with E-state index in [9.17, 15) is 4.79 Å². The lowest BCUT2D eigenvalue weighted by Crippen LogP contribution is -2.33. The highest BCUT2D eigenvalue weighted by Crippen LogP contribution is 2.16. The predicted octanol–water partition coefficient (Wildman–Crippen LogP) is 0.329. The first-order chi connectivity index (χ1) is 9.69. The van der Waals surface area contributed by atoms with E-state index in [2.05, 4.69) is 26.0 Å². The summed E-state index contributed by atoms with van der Waals surface area (Å²) in [4.78, 5) is 12.9. The van der Waals surface area contributed by atoms with E-state index >= 15 is 0 Å². The van der Waals surface area contributed by atoms with Crippen LogP contribution in [-0.2, 0) is 11.3 Å². The van der Waals surface area contributed by atoms with Crippen LogP contribution in [0.5, 0.6) is 0 Å². The van der Waals surface area contributed by atoms with Crippen LogP contribution in [0.2, 0.25) is 5.02 Å². The normalized spacial score (nSPS) is 10.5. The molecular formula is C12H15ClN6O. The standard InChI is InChI=1S/C12H15ClN6O/c1-14-6-7-15-11(20)8-19-17-12(16-18-19)9-2-4-10(13)5-3-9/h2-5,14H,6-8H2,1H3,(H,15,20). The lowest BCUT2D eigenvalue weighted by molar-refractivity contribution is -0.122. The number of benzene rings is 1. The molecule has 0 unspecified atom stereocenters. The smallest absolute Gasteiger partial charge is 0.243 e. The highest BCUT2D eigenvalue weighted by atomic mass is 35.5. The number of nitrogens with zero attached hydrogens (tertiary/aromatic N) is 4. The summed E-state index contributed by atoms with van der Waals surface area (Å²) in [7, 11) is 1.82. The number of tetrazole rings is 1. The molecule has 2 N–H and O–H groups in total. The molecule has 0 atom stereocenters. The minimum absolute atomic E-state index is 0.0459. The maximum absolute atomic E-state index is 11.6. The number of carbonyl (C=O) groups excluding carboxylic acids is 1. The summed E-state index contributed by atoms with van der Waals surface area (Å²) in [6.07, 6.45) is 0. The van der Waals surface area contributed by atoms with E-state index in [1.807, 2.05) is 7.05 Å². The van der Waals surface area contributed by atoms with Gasteiger partial charge in [0.05, 0.1) is 0 Å². The quantitative estimate of drug-likeness (QED) is 0.750. The summed E-state index contributed by atoms with van der Waals surface area (Å²) in [6, 6.07) is 7.11. The maximum atomic E-state index is 11.6. The number of hydrogen-bond donors (Lipinski definition) is 2. The van der Waals surface area contributed by atoms with Crippen molar-refractivity contribution < 1.29 is 4.79 Å². The molecule has 0 aliphatic rings. The first-order valence-corrected chi connectivity index (χ1v) is 6.52. The van der Waals surface area contributed by atoms with E-state index in [1.165, 1.54) is 4.80 Å². The van der Waals surface area contributed by atoms with Crippen LogP contribution in [0.3, 0.4) is 0 Å². The molecule has 1 amide bonds. The molecule has 8 heteroatoms. The SMILES string of the molecule is CNCCNC(=O)Cn1nnc(-c2ccc(Cl)cc2)n1. The Balaban J connectivity index is 1.95. The molecule has 0 spiro atoms. The van der Waals surface area contributed by atoms with Gasteiger partial charge in [-0.05, 0) is 36.5 Å². The zero-order valence-corrected chi connectivity index (χ0v) is 11.8. The number of rotatable bonds is 6. The topological polar surface area (TPSA) is 84.7 Å². The van der Waals surface area contributed by atoms with E-state index in [4.69, 9.17) is 11.6 Å². The summed E-state index contributed by atoms with van der Waals surface area (Å²) in [5.41, 5.74) is 0.802. The van der Waals surface area contributed by atoms with Gasteiger partial charge in [0.15, 0.2) is 0 Å². The molecular weight excluding hydrogens is 280 g/mol. The van der Waals surface area contributed by atoms with Crippen molar-refractivity contribution >= 4 is 17.5 Å². The molecule has 0 saturated heterocycles. The highest BCUT2D eigenvalue weighted by molar-refractivity contribution is 6.30. The third kappa shape index (κ3) is 4.01. The number of amides is 1. The lowest BCUT2D eigenvalue weighted by Gasteiger charge is -2.02. The molecule has 20 heavy (non-hydrogen) atoms. The Morgan fingerprint density at radius 1 is 1.30 bits per heavy atom. The third-order valence-electron chi connectivity index (χ3n) is 2.54. The van der Waals surface area contributed by atoms with Crippen molar-refractivity contribution in [2.45, 2.75) is 6.54 Å². The number of aromatic nitrogens is 4. The predicted molar refractivity (Wildman–Crippen MR) is 75.2 cm³/mol. The second-order valence-electron chi connectivity index (χ2n) is 4.10. The average Bonchev–Trinajstić information content (AvgIpc) is 2.88. The number of carbonyl (C=O) groups is 1. The van der Waals surface area contributed by atoms with Gasteiger partial charge in [-0.3, -0.25) is 4.79 Å². The van der Waals surface area contributed by atoms with Crippen LogP contribution in [0.15, 0.2) is 24.3 Å². The van der Waals surface area contributed by atoms with Crippen molar-refractivity contribution in [2.24, 2.45) is 0 Å². The zero-order valence-electron chi connectivity index (χ0n) is 11.0. The van der Waals surface area contributed by atoms with Gasteiger partial charge < -0.3 is 10.6 Å². The average molecular weight is 295 g/mol. The third-order valence-corrected chi connectivity index (χ3v) is 2.79. The Bertz CT molecular complexity index is 568. The Kier molecular flexibility index (Phi) is 5.03. The highest BCUT2D eigenvalue weighted by Gasteiger charge is 2.08. The van der Waals surface area contributed by atoms with Crippen LogP contribution < -0.4 is 10.6 Å². The molecule has 1 heterocycles. The van der Waals surface area contributed by atoms with Gasteiger partial charge in [-0.25, -0.2) is 0 Å². The molecule has 0 radical (unpaired) electrons. The van der Waals surface area contributed by atoms with Crippen molar-refractivity contribution in [3.63, 3.8) is 0 Å². The van der Waals surface area contributed by atoms with Crippen LogP contribution >= 0.6 is 11.6 Å². The van der Waals surface area contributed by atoms with Crippen LogP contribution in [0.1, 0.15) is 0 Å². The van der Waals surface area contributed by atoms with Gasteiger partial charge in [0.1, 0.15) is 6.54 Å². The van der Waals surface area contributed by atoms with Gasteiger partial charge in [-0.15, -0.1) is 10.2 Å². The molecule has 7 nitrogen and oxygen atoms in total. The van der Waals surface area contributed by atoms with Crippen LogP contribution in [-0.4, -0.2) is 46.3 Å². The minimum Gasteiger partial charge on any atom is -0.353 e. The zero-order chi connectivity index (χ0) is 14.4. The van der Waals surface area contributed by atoms with Crippen molar-refractivity contribution in [3.8, 4) is 11.4 Å². The van der Waals surface area contributed by atoms with Crippen molar-refractivity contribution in [3.05, 3.63) is 29.3 Å². The molecule has 0 bridgehead atoms. The summed E-state index contributed by atoms with van der Waals surface area (Å²) < 4.78 is 0. The Labute approximate surface area is 121 Å². The fourth-order valence-corrected chi connectivity index (χ4v) is 1.66. The van der Waals surface area contributed by atoms with Crippen molar-refractivity contribution in [1.29, 1.82) is 0 Å². The Hall–Kier alpha value is -1.99. The first kappa shape index (κ1) is 14.4. The van der Waals surface area contributed by atoms with Gasteiger partial charge >= 0.3 is 0 Å². The molecule has 2 rings (SSSR count).